The topological polar surface area (TPSA) is 15.5 Å². The molecule has 4 aromatic rings. The van der Waals surface area contributed by atoms with Gasteiger partial charge in [0, 0.05) is 48.5 Å². The van der Waals surface area contributed by atoms with E-state index in [0.29, 0.717) is 0 Å². The first-order valence-electron chi connectivity index (χ1n) is 11.4. The van der Waals surface area contributed by atoms with E-state index in [1.165, 1.54) is 45.6 Å². The van der Waals surface area contributed by atoms with E-state index in [2.05, 4.69) is 91.1 Å². The fourth-order valence-electron chi connectivity index (χ4n) is 6.80. The average molecular weight is 405 g/mol. The predicted molar refractivity (Wildman–Crippen MR) is 111 cm³/mol. The smallest absolute Gasteiger partial charge is 0.184 e. The fraction of sp³-hybridized carbons (Fsp3) is 0.259. The molecule has 4 aromatic heterocycles. The van der Waals surface area contributed by atoms with Crippen molar-refractivity contribution in [3.63, 3.8) is 0 Å². The van der Waals surface area contributed by atoms with Crippen LogP contribution in [0.2, 0.25) is 0 Å². The second-order valence-corrected chi connectivity index (χ2v) is 9.57. The maximum Gasteiger partial charge on any atom is 0.479 e. The van der Waals surface area contributed by atoms with Crippen molar-refractivity contribution in [2.45, 2.75) is 44.4 Å². The highest BCUT2D eigenvalue weighted by molar-refractivity contribution is 5.21. The Balaban J connectivity index is 1.61. The Morgan fingerprint density at radius 3 is 1.10 bits per heavy atom. The van der Waals surface area contributed by atoms with Crippen molar-refractivity contribution in [1.82, 2.24) is 0 Å². The summed E-state index contributed by atoms with van der Waals surface area (Å²) in [6.45, 7) is 1.95. The van der Waals surface area contributed by atoms with Gasteiger partial charge in [-0.2, -0.15) is 9.13 Å². The van der Waals surface area contributed by atoms with Gasteiger partial charge in [-0.3, -0.25) is 0 Å². The molecule has 4 heteroatoms. The van der Waals surface area contributed by atoms with Gasteiger partial charge in [0.1, 0.15) is 25.7 Å². The number of pyridine rings is 4. The van der Waals surface area contributed by atoms with E-state index in [9.17, 15) is 0 Å². The Labute approximate surface area is 181 Å². The molecule has 0 saturated carbocycles. The van der Waals surface area contributed by atoms with Crippen LogP contribution in [0.5, 0.6) is 0 Å². The van der Waals surface area contributed by atoms with Gasteiger partial charge in [0.15, 0.2) is 45.6 Å². The molecule has 0 N–H and O–H groups in total. The lowest BCUT2D eigenvalue weighted by Crippen LogP contribution is -2.86. The van der Waals surface area contributed by atoms with E-state index < -0.39 is 0 Å². The summed E-state index contributed by atoms with van der Waals surface area (Å²) in [5.74, 6) is 0. The number of rotatable bonds is 0. The Morgan fingerprint density at radius 1 is 0.419 bits per heavy atom. The maximum absolute atomic E-state index is 2.71. The summed E-state index contributed by atoms with van der Waals surface area (Å²) in [5, 5.41) is 0. The Kier molecular flexibility index (Phi) is 2.86. The van der Waals surface area contributed by atoms with Crippen molar-refractivity contribution in [3.8, 4) is 0 Å². The van der Waals surface area contributed by atoms with Crippen molar-refractivity contribution in [2.24, 2.45) is 0 Å². The van der Waals surface area contributed by atoms with Gasteiger partial charge in [0.2, 0.25) is 0 Å². The second-order valence-electron chi connectivity index (χ2n) is 9.57. The molecule has 4 aliphatic rings. The standard InChI is InChI=1S/C27H24N4/c1-5-19-13-20-6-2-8-22-15-24-10-4-12-26-16-25-11-3-9-23-14-21(7-1)28(19)17-27(30(23)25,31(24)26)18-29(20)22/h1-12H,13-18H2/q+4. The van der Waals surface area contributed by atoms with Crippen LogP contribution in [0.4, 0.5) is 0 Å². The lowest BCUT2D eigenvalue weighted by Gasteiger charge is -2.26. The highest BCUT2D eigenvalue weighted by atomic mass is 15.4. The van der Waals surface area contributed by atoms with E-state index in [0.717, 1.165) is 38.8 Å². The van der Waals surface area contributed by atoms with E-state index in [1.54, 1.807) is 0 Å². The molecule has 0 aliphatic carbocycles. The Bertz CT molecular complexity index is 1340. The van der Waals surface area contributed by atoms with Crippen LogP contribution in [0.15, 0.2) is 72.8 Å². The van der Waals surface area contributed by atoms with Crippen molar-refractivity contribution in [3.05, 3.63) is 118 Å². The fourth-order valence-corrected chi connectivity index (χ4v) is 6.80. The predicted octanol–water partition coefficient (Wildman–Crippen LogP) is 1.05. The second kappa shape index (κ2) is 5.44. The van der Waals surface area contributed by atoms with Crippen LogP contribution in [-0.4, -0.2) is 0 Å². The molecule has 0 aromatic carbocycles. The summed E-state index contributed by atoms with van der Waals surface area (Å²) in [6.07, 6.45) is 3.94. The van der Waals surface area contributed by atoms with Gasteiger partial charge >= 0.3 is 5.66 Å². The molecule has 0 atom stereocenters. The van der Waals surface area contributed by atoms with Gasteiger partial charge < -0.3 is 0 Å². The minimum atomic E-state index is -0.172. The first-order chi connectivity index (χ1) is 15.3. The molecule has 0 unspecified atom stereocenters. The van der Waals surface area contributed by atoms with Crippen molar-refractivity contribution in [2.75, 3.05) is 0 Å². The minimum absolute atomic E-state index is 0.172. The van der Waals surface area contributed by atoms with Gasteiger partial charge in [0.25, 0.3) is 13.1 Å². The molecule has 3 bridgehead atoms. The quantitative estimate of drug-likeness (QED) is 0.343. The van der Waals surface area contributed by atoms with Crippen molar-refractivity contribution < 1.29 is 18.3 Å². The first-order valence-corrected chi connectivity index (χ1v) is 11.4. The van der Waals surface area contributed by atoms with Crippen LogP contribution in [0, 0.1) is 0 Å². The summed E-state index contributed by atoms with van der Waals surface area (Å²) in [6, 6.07) is 27.7. The van der Waals surface area contributed by atoms with E-state index in [4.69, 9.17) is 0 Å². The largest absolute Gasteiger partial charge is 0.479 e. The summed E-state index contributed by atoms with van der Waals surface area (Å²) >= 11 is 0. The average Bonchev–Trinajstić information content (AvgIpc) is 3.01. The molecule has 0 radical (unpaired) electrons. The Morgan fingerprint density at radius 2 is 0.710 bits per heavy atom. The monoisotopic (exact) mass is 404 g/mol. The van der Waals surface area contributed by atoms with E-state index >= 15 is 0 Å². The number of aromatic nitrogens is 4. The number of hydrogen-bond acceptors (Lipinski definition) is 0. The zero-order valence-corrected chi connectivity index (χ0v) is 17.5. The van der Waals surface area contributed by atoms with Crippen LogP contribution in [-0.2, 0) is 44.4 Å². The third kappa shape index (κ3) is 1.96. The molecule has 148 valence electrons. The molecule has 0 amide bonds. The summed E-state index contributed by atoms with van der Waals surface area (Å²) in [4.78, 5) is 0. The lowest BCUT2D eigenvalue weighted by atomic mass is 9.97. The van der Waals surface area contributed by atoms with Gasteiger partial charge in [-0.15, -0.1) is 9.13 Å². The third-order valence-electron chi connectivity index (χ3n) is 7.95. The molecule has 8 heterocycles. The summed E-state index contributed by atoms with van der Waals surface area (Å²) in [7, 11) is 0. The van der Waals surface area contributed by atoms with Crippen LogP contribution in [0.25, 0.3) is 0 Å². The maximum atomic E-state index is 2.71. The third-order valence-corrected chi connectivity index (χ3v) is 7.95. The zero-order chi connectivity index (χ0) is 20.2. The zero-order valence-electron chi connectivity index (χ0n) is 17.5. The molecule has 31 heavy (non-hydrogen) atoms. The highest BCUT2D eigenvalue weighted by Gasteiger charge is 2.68. The van der Waals surface area contributed by atoms with Crippen molar-refractivity contribution in [1.29, 1.82) is 0 Å². The van der Waals surface area contributed by atoms with Crippen LogP contribution < -0.4 is 18.3 Å². The normalized spacial score (nSPS) is 17.8. The van der Waals surface area contributed by atoms with Crippen LogP contribution >= 0.6 is 0 Å². The molecular formula is C27H24N4+4. The van der Waals surface area contributed by atoms with Gasteiger partial charge in [0.05, 0.1) is 0 Å². The SMILES string of the molecule is c1cc2[n+]3c(c1)Cc1cccc4[n+]1C1(C3)C[n+]3c(cccc3Cc3cccc([n+]31)C4)C2. The minimum Gasteiger partial charge on any atom is -0.184 e. The highest BCUT2D eigenvalue weighted by Crippen LogP contribution is 2.27. The lowest BCUT2D eigenvalue weighted by molar-refractivity contribution is -1.06. The van der Waals surface area contributed by atoms with Crippen LogP contribution in [0.1, 0.15) is 45.6 Å². The van der Waals surface area contributed by atoms with E-state index in [1.807, 2.05) is 0 Å². The Hall–Kier alpha value is -3.40. The van der Waals surface area contributed by atoms with Crippen molar-refractivity contribution >= 4 is 0 Å². The summed E-state index contributed by atoms with van der Waals surface area (Å²) in [5.41, 5.74) is 11.3. The first kappa shape index (κ1) is 16.3. The molecule has 1 spiro atoms. The van der Waals surface area contributed by atoms with Gasteiger partial charge in [-0.05, 0) is 24.3 Å². The molecule has 4 aliphatic heterocycles. The van der Waals surface area contributed by atoms with E-state index in [-0.39, 0.29) is 5.66 Å². The molecule has 0 saturated heterocycles. The molecule has 0 fully saturated rings. The van der Waals surface area contributed by atoms with Crippen LogP contribution in [0.3, 0.4) is 0 Å². The number of nitrogens with zero attached hydrogens (tertiary/aromatic N) is 4. The number of hydrogen-bond donors (Lipinski definition) is 0. The summed E-state index contributed by atoms with van der Waals surface area (Å²) < 4.78 is 10.7. The van der Waals surface area contributed by atoms with Gasteiger partial charge in [-0.25, -0.2) is 0 Å². The molecular weight excluding hydrogens is 380 g/mol. The van der Waals surface area contributed by atoms with Gasteiger partial charge in [-0.1, -0.05) is 0 Å². The molecule has 4 nitrogen and oxygen atoms in total. The molecule has 8 rings (SSSR count).